The van der Waals surface area contributed by atoms with Gasteiger partial charge in [0, 0.05) is 36.9 Å². The van der Waals surface area contributed by atoms with Crippen molar-refractivity contribution in [3.05, 3.63) is 30.1 Å². The Bertz CT molecular complexity index is 329. The molecular weight excluding hydrogens is 210 g/mol. The zero-order valence-electron chi connectivity index (χ0n) is 10.9. The van der Waals surface area contributed by atoms with Crippen molar-refractivity contribution >= 4 is 0 Å². The average Bonchev–Trinajstić information content (AvgIpc) is 2.83. The van der Waals surface area contributed by atoms with E-state index in [2.05, 4.69) is 41.6 Å². The molecule has 1 fully saturated rings. The third-order valence-corrected chi connectivity index (χ3v) is 3.58. The normalized spacial score (nSPS) is 20.7. The SMILES string of the molecule is CC(C)(CNCC1CCCN1)c1ccncc1. The van der Waals surface area contributed by atoms with E-state index >= 15 is 0 Å². The number of aromatic nitrogens is 1. The summed E-state index contributed by atoms with van der Waals surface area (Å²) in [5.41, 5.74) is 1.51. The highest BCUT2D eigenvalue weighted by Crippen LogP contribution is 2.21. The van der Waals surface area contributed by atoms with Crippen LogP contribution in [0.15, 0.2) is 24.5 Å². The van der Waals surface area contributed by atoms with E-state index in [1.54, 1.807) is 0 Å². The van der Waals surface area contributed by atoms with Crippen LogP contribution in [0, 0.1) is 0 Å². The number of hydrogen-bond donors (Lipinski definition) is 2. The van der Waals surface area contributed by atoms with Crippen molar-refractivity contribution in [2.75, 3.05) is 19.6 Å². The molecule has 0 amide bonds. The van der Waals surface area contributed by atoms with E-state index in [-0.39, 0.29) is 5.41 Å². The molecule has 1 unspecified atom stereocenters. The maximum atomic E-state index is 4.07. The van der Waals surface area contributed by atoms with Gasteiger partial charge in [-0.2, -0.15) is 0 Å². The van der Waals surface area contributed by atoms with Crippen LogP contribution < -0.4 is 10.6 Å². The monoisotopic (exact) mass is 233 g/mol. The largest absolute Gasteiger partial charge is 0.314 e. The van der Waals surface area contributed by atoms with Gasteiger partial charge in [-0.15, -0.1) is 0 Å². The van der Waals surface area contributed by atoms with Gasteiger partial charge in [0.15, 0.2) is 0 Å². The molecular formula is C14H23N3. The van der Waals surface area contributed by atoms with Crippen molar-refractivity contribution in [3.8, 4) is 0 Å². The van der Waals surface area contributed by atoms with Gasteiger partial charge >= 0.3 is 0 Å². The minimum Gasteiger partial charge on any atom is -0.314 e. The highest BCUT2D eigenvalue weighted by molar-refractivity contribution is 5.20. The molecule has 0 aliphatic carbocycles. The molecule has 0 radical (unpaired) electrons. The Labute approximate surface area is 104 Å². The molecule has 1 atom stereocenters. The second-order valence-corrected chi connectivity index (χ2v) is 5.54. The molecule has 1 aliphatic rings. The number of nitrogens with zero attached hydrogens (tertiary/aromatic N) is 1. The van der Waals surface area contributed by atoms with Crippen LogP contribution in [0.4, 0.5) is 0 Å². The number of pyridine rings is 1. The van der Waals surface area contributed by atoms with Gasteiger partial charge in [0.1, 0.15) is 0 Å². The van der Waals surface area contributed by atoms with Crippen molar-refractivity contribution in [2.24, 2.45) is 0 Å². The first-order chi connectivity index (χ1) is 8.18. The van der Waals surface area contributed by atoms with Crippen LogP contribution >= 0.6 is 0 Å². The summed E-state index contributed by atoms with van der Waals surface area (Å²) in [6.45, 7) is 7.82. The number of hydrogen-bond acceptors (Lipinski definition) is 3. The first-order valence-electron chi connectivity index (χ1n) is 6.53. The molecule has 1 saturated heterocycles. The van der Waals surface area contributed by atoms with Crippen LogP contribution in [0.25, 0.3) is 0 Å². The Kier molecular flexibility index (Phi) is 4.13. The third-order valence-electron chi connectivity index (χ3n) is 3.58. The summed E-state index contributed by atoms with van der Waals surface area (Å²) in [5, 5.41) is 7.09. The predicted molar refractivity (Wildman–Crippen MR) is 71.2 cm³/mol. The van der Waals surface area contributed by atoms with Gasteiger partial charge in [-0.3, -0.25) is 4.98 Å². The summed E-state index contributed by atoms with van der Waals surface area (Å²) in [4.78, 5) is 4.07. The van der Waals surface area contributed by atoms with Gasteiger partial charge in [0.2, 0.25) is 0 Å². The second-order valence-electron chi connectivity index (χ2n) is 5.54. The van der Waals surface area contributed by atoms with Gasteiger partial charge in [0.25, 0.3) is 0 Å². The Balaban J connectivity index is 1.80. The quantitative estimate of drug-likeness (QED) is 0.813. The lowest BCUT2D eigenvalue weighted by atomic mass is 9.85. The lowest BCUT2D eigenvalue weighted by molar-refractivity contribution is 0.442. The molecule has 3 nitrogen and oxygen atoms in total. The third kappa shape index (κ3) is 3.51. The minimum atomic E-state index is 0.168. The van der Waals surface area contributed by atoms with Crippen LogP contribution in [-0.4, -0.2) is 30.7 Å². The van der Waals surface area contributed by atoms with Crippen LogP contribution in [-0.2, 0) is 5.41 Å². The molecule has 2 heterocycles. The van der Waals surface area contributed by atoms with Crippen molar-refractivity contribution in [2.45, 2.75) is 38.1 Å². The van der Waals surface area contributed by atoms with E-state index in [4.69, 9.17) is 0 Å². The maximum absolute atomic E-state index is 4.07. The van der Waals surface area contributed by atoms with Crippen molar-refractivity contribution < 1.29 is 0 Å². The molecule has 94 valence electrons. The number of rotatable bonds is 5. The standard InChI is InChI=1S/C14H23N3/c1-14(2,12-5-8-15-9-6-12)11-16-10-13-4-3-7-17-13/h5-6,8-9,13,16-17H,3-4,7,10-11H2,1-2H3. The van der Waals surface area contributed by atoms with Gasteiger partial charge in [-0.05, 0) is 37.1 Å². The van der Waals surface area contributed by atoms with Crippen molar-refractivity contribution in [1.29, 1.82) is 0 Å². The van der Waals surface area contributed by atoms with Crippen LogP contribution in [0.1, 0.15) is 32.3 Å². The Morgan fingerprint density at radius 1 is 1.41 bits per heavy atom. The second kappa shape index (κ2) is 5.61. The number of nitrogens with one attached hydrogen (secondary N) is 2. The maximum Gasteiger partial charge on any atom is 0.0270 e. The van der Waals surface area contributed by atoms with E-state index in [1.165, 1.54) is 24.9 Å². The van der Waals surface area contributed by atoms with Crippen LogP contribution in [0.3, 0.4) is 0 Å². The highest BCUT2D eigenvalue weighted by Gasteiger charge is 2.21. The zero-order chi connectivity index (χ0) is 12.1. The van der Waals surface area contributed by atoms with E-state index in [0.717, 1.165) is 13.1 Å². The summed E-state index contributed by atoms with van der Waals surface area (Å²) < 4.78 is 0. The molecule has 0 spiro atoms. The highest BCUT2D eigenvalue weighted by atomic mass is 15.0. The smallest absolute Gasteiger partial charge is 0.0270 e. The molecule has 3 heteroatoms. The lowest BCUT2D eigenvalue weighted by Crippen LogP contribution is -2.40. The van der Waals surface area contributed by atoms with Crippen molar-refractivity contribution in [1.82, 2.24) is 15.6 Å². The van der Waals surface area contributed by atoms with E-state index in [1.807, 2.05) is 12.4 Å². The molecule has 17 heavy (non-hydrogen) atoms. The van der Waals surface area contributed by atoms with E-state index in [0.29, 0.717) is 6.04 Å². The van der Waals surface area contributed by atoms with Crippen molar-refractivity contribution in [3.63, 3.8) is 0 Å². The summed E-state index contributed by atoms with van der Waals surface area (Å²) in [7, 11) is 0. The first-order valence-corrected chi connectivity index (χ1v) is 6.53. The first kappa shape index (κ1) is 12.5. The summed E-state index contributed by atoms with van der Waals surface area (Å²) in [6.07, 6.45) is 6.37. The molecule has 1 aliphatic heterocycles. The van der Waals surface area contributed by atoms with Gasteiger partial charge in [-0.25, -0.2) is 0 Å². The fourth-order valence-electron chi connectivity index (χ4n) is 2.40. The Hall–Kier alpha value is -0.930. The van der Waals surface area contributed by atoms with E-state index in [9.17, 15) is 0 Å². The topological polar surface area (TPSA) is 37.0 Å². The molecule has 1 aromatic heterocycles. The van der Waals surface area contributed by atoms with Gasteiger partial charge < -0.3 is 10.6 Å². The molecule has 0 aromatic carbocycles. The zero-order valence-corrected chi connectivity index (χ0v) is 10.9. The van der Waals surface area contributed by atoms with Crippen LogP contribution in [0.5, 0.6) is 0 Å². The molecule has 2 N–H and O–H groups in total. The lowest BCUT2D eigenvalue weighted by Gasteiger charge is -2.26. The van der Waals surface area contributed by atoms with E-state index < -0.39 is 0 Å². The van der Waals surface area contributed by atoms with Gasteiger partial charge in [0.05, 0.1) is 0 Å². The molecule has 0 saturated carbocycles. The molecule has 1 aromatic rings. The summed E-state index contributed by atoms with van der Waals surface area (Å²) in [6, 6.07) is 4.88. The fourth-order valence-corrected chi connectivity index (χ4v) is 2.40. The minimum absolute atomic E-state index is 0.168. The molecule has 2 rings (SSSR count). The fraction of sp³-hybridized carbons (Fsp3) is 0.643. The van der Waals surface area contributed by atoms with Crippen LogP contribution in [0.2, 0.25) is 0 Å². The Morgan fingerprint density at radius 3 is 2.82 bits per heavy atom. The molecule has 0 bridgehead atoms. The average molecular weight is 233 g/mol. The van der Waals surface area contributed by atoms with Gasteiger partial charge in [-0.1, -0.05) is 13.8 Å². The Morgan fingerprint density at radius 2 is 2.18 bits per heavy atom. The summed E-state index contributed by atoms with van der Waals surface area (Å²) in [5.74, 6) is 0. The summed E-state index contributed by atoms with van der Waals surface area (Å²) >= 11 is 0. The predicted octanol–water partition coefficient (Wildman–Crippen LogP) is 1.70.